The molecule has 3 aromatic rings. The van der Waals surface area contributed by atoms with Crippen LogP contribution in [0.1, 0.15) is 28.3 Å². The molecule has 1 atom stereocenters. The first kappa shape index (κ1) is 15.2. The fourth-order valence-corrected chi connectivity index (χ4v) is 2.67. The Kier molecular flexibility index (Phi) is 4.08. The van der Waals surface area contributed by atoms with Crippen molar-refractivity contribution in [3.05, 3.63) is 87.2 Å². The summed E-state index contributed by atoms with van der Waals surface area (Å²) >= 11 is 0. The Morgan fingerprint density at radius 2 is 1.74 bits per heavy atom. The zero-order valence-corrected chi connectivity index (χ0v) is 13.2. The molecule has 0 amide bonds. The van der Waals surface area contributed by atoms with Crippen molar-refractivity contribution < 1.29 is 0 Å². The van der Waals surface area contributed by atoms with Crippen molar-refractivity contribution in [2.75, 3.05) is 0 Å². The average molecular weight is 305 g/mol. The molecule has 0 spiro atoms. The quantitative estimate of drug-likeness (QED) is 0.781. The molecule has 116 valence electrons. The monoisotopic (exact) mass is 305 g/mol. The van der Waals surface area contributed by atoms with Crippen molar-refractivity contribution in [3.63, 3.8) is 0 Å². The number of aromatic nitrogens is 2. The van der Waals surface area contributed by atoms with Gasteiger partial charge < -0.3 is 5.73 Å². The van der Waals surface area contributed by atoms with E-state index in [0.29, 0.717) is 11.3 Å². The van der Waals surface area contributed by atoms with E-state index in [1.165, 1.54) is 0 Å². The zero-order valence-electron chi connectivity index (χ0n) is 13.2. The molecule has 0 bridgehead atoms. The van der Waals surface area contributed by atoms with Crippen LogP contribution < -0.4 is 11.3 Å². The number of nitrogens with one attached hydrogen (secondary N) is 1. The fraction of sp³-hybridized carbons (Fsp3) is 0.158. The Labute approximate surface area is 135 Å². The minimum Gasteiger partial charge on any atom is -0.320 e. The number of aromatic amines is 1. The molecule has 1 aromatic heterocycles. The summed E-state index contributed by atoms with van der Waals surface area (Å²) in [5.74, 6) is 0. The van der Waals surface area contributed by atoms with Crippen LogP contribution >= 0.6 is 0 Å². The number of hydrogen-bond acceptors (Lipinski definition) is 3. The second kappa shape index (κ2) is 6.18. The molecule has 4 nitrogen and oxygen atoms in total. The van der Waals surface area contributed by atoms with Gasteiger partial charge in [-0.1, -0.05) is 54.1 Å². The first-order valence-corrected chi connectivity index (χ1v) is 7.54. The van der Waals surface area contributed by atoms with Crippen molar-refractivity contribution in [2.45, 2.75) is 19.9 Å². The van der Waals surface area contributed by atoms with E-state index in [1.54, 1.807) is 6.07 Å². The van der Waals surface area contributed by atoms with E-state index in [1.807, 2.05) is 62.4 Å². The normalized spacial score (nSPS) is 12.1. The number of aryl methyl sites for hydroxylation is 2. The average Bonchev–Trinajstić information content (AvgIpc) is 2.58. The first-order chi connectivity index (χ1) is 11.1. The number of nitrogens with two attached hydrogens (primary N) is 1. The van der Waals surface area contributed by atoms with E-state index >= 15 is 0 Å². The smallest absolute Gasteiger partial charge is 0.269 e. The highest BCUT2D eigenvalue weighted by atomic mass is 16.1. The van der Waals surface area contributed by atoms with Gasteiger partial charge in [-0.05, 0) is 31.0 Å². The lowest BCUT2D eigenvalue weighted by Gasteiger charge is -2.16. The Bertz CT molecular complexity index is 885. The lowest BCUT2D eigenvalue weighted by Crippen LogP contribution is -2.24. The summed E-state index contributed by atoms with van der Waals surface area (Å²) in [6, 6.07) is 17.1. The predicted molar refractivity (Wildman–Crippen MR) is 92.2 cm³/mol. The van der Waals surface area contributed by atoms with Crippen LogP contribution in [-0.4, -0.2) is 10.2 Å². The Balaban J connectivity index is 2.09. The number of hydrogen-bond donors (Lipinski definition) is 2. The molecule has 0 radical (unpaired) electrons. The van der Waals surface area contributed by atoms with Gasteiger partial charge in [-0.15, -0.1) is 0 Å². The maximum Gasteiger partial charge on any atom is 0.269 e. The molecule has 3 N–H and O–H groups in total. The van der Waals surface area contributed by atoms with E-state index in [2.05, 4.69) is 10.2 Å². The highest BCUT2D eigenvalue weighted by molar-refractivity contribution is 5.59. The van der Waals surface area contributed by atoms with Crippen LogP contribution in [0.3, 0.4) is 0 Å². The van der Waals surface area contributed by atoms with Crippen LogP contribution in [0.5, 0.6) is 0 Å². The maximum atomic E-state index is 12.2. The molecule has 3 rings (SSSR count). The van der Waals surface area contributed by atoms with Gasteiger partial charge in [0.05, 0.1) is 11.7 Å². The SMILES string of the molecule is Cc1ccc(C)c(C(N)c2cc(-c3ccccc3)n[nH]c2=O)c1. The predicted octanol–water partition coefficient (Wildman–Crippen LogP) is 3.10. The standard InChI is InChI=1S/C19H19N3O/c1-12-8-9-13(2)15(10-12)18(20)16-11-17(21-22-19(16)23)14-6-4-3-5-7-14/h3-11,18H,20H2,1-2H3,(H,22,23). The third-order valence-electron chi connectivity index (χ3n) is 4.01. The topological polar surface area (TPSA) is 71.8 Å². The van der Waals surface area contributed by atoms with Crippen molar-refractivity contribution in [3.8, 4) is 11.3 Å². The molecule has 0 aliphatic heterocycles. The van der Waals surface area contributed by atoms with Crippen LogP contribution in [0.15, 0.2) is 59.4 Å². The van der Waals surface area contributed by atoms with Crippen LogP contribution in [0.4, 0.5) is 0 Å². The van der Waals surface area contributed by atoms with Gasteiger partial charge in [0, 0.05) is 11.1 Å². The van der Waals surface area contributed by atoms with Crippen molar-refractivity contribution in [1.82, 2.24) is 10.2 Å². The van der Waals surface area contributed by atoms with E-state index in [9.17, 15) is 4.79 Å². The van der Waals surface area contributed by atoms with E-state index in [0.717, 1.165) is 22.3 Å². The number of rotatable bonds is 3. The molecule has 1 heterocycles. The molecule has 1 unspecified atom stereocenters. The zero-order chi connectivity index (χ0) is 16.4. The highest BCUT2D eigenvalue weighted by Crippen LogP contribution is 2.24. The molecular weight excluding hydrogens is 286 g/mol. The molecule has 4 heteroatoms. The van der Waals surface area contributed by atoms with Crippen molar-refractivity contribution >= 4 is 0 Å². The van der Waals surface area contributed by atoms with E-state index < -0.39 is 6.04 Å². The molecule has 0 aliphatic carbocycles. The summed E-state index contributed by atoms with van der Waals surface area (Å²) < 4.78 is 0. The summed E-state index contributed by atoms with van der Waals surface area (Å²) in [4.78, 5) is 12.2. The molecule has 0 saturated heterocycles. The van der Waals surface area contributed by atoms with Crippen molar-refractivity contribution in [1.29, 1.82) is 0 Å². The number of H-pyrrole nitrogens is 1. The van der Waals surface area contributed by atoms with Crippen molar-refractivity contribution in [2.24, 2.45) is 5.73 Å². The second-order valence-electron chi connectivity index (χ2n) is 5.74. The van der Waals surface area contributed by atoms with Gasteiger partial charge in [-0.2, -0.15) is 5.10 Å². The summed E-state index contributed by atoms with van der Waals surface area (Å²) in [7, 11) is 0. The van der Waals surface area contributed by atoms with Gasteiger partial charge in [0.15, 0.2) is 0 Å². The minimum absolute atomic E-state index is 0.252. The molecular formula is C19H19N3O. The Morgan fingerprint density at radius 1 is 1.00 bits per heavy atom. The van der Waals surface area contributed by atoms with Gasteiger partial charge in [0.1, 0.15) is 0 Å². The third-order valence-corrected chi connectivity index (χ3v) is 4.01. The minimum atomic E-state index is -0.482. The number of benzene rings is 2. The molecule has 2 aromatic carbocycles. The third kappa shape index (κ3) is 3.07. The summed E-state index contributed by atoms with van der Waals surface area (Å²) in [6.07, 6.45) is 0. The summed E-state index contributed by atoms with van der Waals surface area (Å²) in [5, 5.41) is 6.70. The second-order valence-corrected chi connectivity index (χ2v) is 5.74. The van der Waals surface area contributed by atoms with Crippen LogP contribution in [-0.2, 0) is 0 Å². The number of nitrogens with zero attached hydrogens (tertiary/aromatic N) is 1. The Hall–Kier alpha value is -2.72. The molecule has 0 fully saturated rings. The largest absolute Gasteiger partial charge is 0.320 e. The summed E-state index contributed by atoms with van der Waals surface area (Å²) in [6.45, 7) is 4.02. The molecule has 23 heavy (non-hydrogen) atoms. The van der Waals surface area contributed by atoms with E-state index in [-0.39, 0.29) is 5.56 Å². The van der Waals surface area contributed by atoms with Gasteiger partial charge in [0.25, 0.3) is 5.56 Å². The first-order valence-electron chi connectivity index (χ1n) is 7.54. The van der Waals surface area contributed by atoms with Gasteiger partial charge >= 0.3 is 0 Å². The molecule has 0 aliphatic rings. The van der Waals surface area contributed by atoms with E-state index in [4.69, 9.17) is 5.73 Å². The van der Waals surface area contributed by atoms with Gasteiger partial charge in [0.2, 0.25) is 0 Å². The molecule has 0 saturated carbocycles. The van der Waals surface area contributed by atoms with Crippen LogP contribution in [0, 0.1) is 13.8 Å². The summed E-state index contributed by atoms with van der Waals surface area (Å²) in [5.41, 5.74) is 11.5. The maximum absolute atomic E-state index is 12.2. The Morgan fingerprint density at radius 3 is 2.48 bits per heavy atom. The van der Waals surface area contributed by atoms with Gasteiger partial charge in [-0.25, -0.2) is 5.10 Å². The lowest BCUT2D eigenvalue weighted by atomic mass is 9.94. The van der Waals surface area contributed by atoms with Crippen LogP contribution in [0.2, 0.25) is 0 Å². The van der Waals surface area contributed by atoms with Crippen LogP contribution in [0.25, 0.3) is 11.3 Å². The fourth-order valence-electron chi connectivity index (χ4n) is 2.67. The lowest BCUT2D eigenvalue weighted by molar-refractivity contribution is 0.820. The van der Waals surface area contributed by atoms with Gasteiger partial charge in [-0.3, -0.25) is 4.79 Å². The highest BCUT2D eigenvalue weighted by Gasteiger charge is 2.16.